The van der Waals surface area contributed by atoms with E-state index < -0.39 is 10.0 Å². The second-order valence-corrected chi connectivity index (χ2v) is 9.98. The molecule has 9 nitrogen and oxygen atoms in total. The van der Waals surface area contributed by atoms with E-state index in [0.29, 0.717) is 18.0 Å². The molecule has 35 heavy (non-hydrogen) atoms. The van der Waals surface area contributed by atoms with Crippen LogP contribution in [-0.2, 0) is 16.4 Å². The molecule has 3 N–H and O–H groups in total. The third-order valence-corrected chi connectivity index (χ3v) is 6.80. The summed E-state index contributed by atoms with van der Waals surface area (Å²) in [5, 5.41) is 4.38. The first-order chi connectivity index (χ1) is 16.7. The van der Waals surface area contributed by atoms with Crippen LogP contribution in [0.2, 0.25) is 5.02 Å². The third-order valence-electron chi connectivity index (χ3n) is 5.19. The van der Waals surface area contributed by atoms with E-state index in [1.54, 1.807) is 7.11 Å². The molecular formula is C24H25ClN6O3S. The minimum Gasteiger partial charge on any atom is -0.497 e. The van der Waals surface area contributed by atoms with Crippen molar-refractivity contribution in [2.24, 2.45) is 4.99 Å². The molecule has 2 heterocycles. The van der Waals surface area contributed by atoms with Crippen LogP contribution >= 0.6 is 11.6 Å². The van der Waals surface area contributed by atoms with Crippen molar-refractivity contribution in [3.8, 4) is 5.75 Å². The number of halogens is 1. The van der Waals surface area contributed by atoms with Crippen LogP contribution in [0, 0.1) is 13.8 Å². The van der Waals surface area contributed by atoms with Gasteiger partial charge in [0.2, 0.25) is 11.9 Å². The molecule has 4 aromatic rings. The molecule has 0 aliphatic rings. The van der Waals surface area contributed by atoms with Crippen LogP contribution in [-0.4, -0.2) is 43.0 Å². The van der Waals surface area contributed by atoms with Gasteiger partial charge in [-0.15, -0.1) is 0 Å². The molecular weight excluding hydrogens is 488 g/mol. The summed E-state index contributed by atoms with van der Waals surface area (Å²) in [5.74, 6) is 1.02. The minimum absolute atomic E-state index is 0.0161. The van der Waals surface area contributed by atoms with Gasteiger partial charge in [0, 0.05) is 40.1 Å². The molecule has 0 aliphatic heterocycles. The molecule has 0 saturated heterocycles. The topological polar surface area (TPSA) is 121 Å². The molecule has 11 heteroatoms. The first-order valence-corrected chi connectivity index (χ1v) is 12.7. The smallest absolute Gasteiger partial charge is 0.264 e. The summed E-state index contributed by atoms with van der Waals surface area (Å²) in [5.41, 5.74) is 3.50. The van der Waals surface area contributed by atoms with Crippen LogP contribution < -0.4 is 14.8 Å². The van der Waals surface area contributed by atoms with Crippen molar-refractivity contribution in [3.63, 3.8) is 0 Å². The van der Waals surface area contributed by atoms with Gasteiger partial charge >= 0.3 is 0 Å². The molecule has 0 unspecified atom stereocenters. The van der Waals surface area contributed by atoms with Crippen LogP contribution in [0.1, 0.15) is 17.0 Å². The number of H-pyrrole nitrogens is 1. The number of benzene rings is 2. The molecule has 0 amide bonds. The molecule has 0 bridgehead atoms. The standard InChI is InChI=1S/C24H25ClN6O3S/c1-15-12-16(2)29-24(28-15)30-23(31-35(32,33)20-7-4-18(25)5-8-20)26-11-10-17-14-27-22-9-6-19(34-3)13-21(17)22/h4-9,12-14,27H,10-11H2,1-3H3,(H2,26,28,29,30,31). The van der Waals surface area contributed by atoms with Crippen LogP contribution in [0.15, 0.2) is 64.6 Å². The molecule has 0 atom stereocenters. The summed E-state index contributed by atoms with van der Waals surface area (Å²) in [4.78, 5) is 16.4. The number of hydrogen-bond donors (Lipinski definition) is 3. The van der Waals surface area contributed by atoms with Crippen LogP contribution in [0.4, 0.5) is 5.95 Å². The number of aryl methyl sites for hydroxylation is 2. The highest BCUT2D eigenvalue weighted by molar-refractivity contribution is 7.90. The van der Waals surface area contributed by atoms with E-state index in [0.717, 1.165) is 33.6 Å². The highest BCUT2D eigenvalue weighted by Gasteiger charge is 2.17. The third kappa shape index (κ3) is 6.09. The summed E-state index contributed by atoms with van der Waals surface area (Å²) in [6, 6.07) is 13.5. The lowest BCUT2D eigenvalue weighted by molar-refractivity contribution is 0.415. The van der Waals surface area contributed by atoms with Crippen LogP contribution in [0.3, 0.4) is 0 Å². The predicted octanol–water partition coefficient (Wildman–Crippen LogP) is 4.23. The summed E-state index contributed by atoms with van der Waals surface area (Å²) < 4.78 is 33.8. The van der Waals surface area contributed by atoms with Gasteiger partial charge < -0.3 is 9.72 Å². The Kier molecular flexibility index (Phi) is 7.23. The molecule has 0 saturated carbocycles. The fourth-order valence-corrected chi connectivity index (χ4v) is 4.67. The number of ether oxygens (including phenoxy) is 1. The molecule has 0 spiro atoms. The number of aromatic nitrogens is 3. The van der Waals surface area contributed by atoms with Gasteiger partial charge in [-0.25, -0.2) is 23.1 Å². The van der Waals surface area contributed by atoms with E-state index in [9.17, 15) is 8.42 Å². The van der Waals surface area contributed by atoms with Crippen molar-refractivity contribution in [3.05, 3.63) is 76.7 Å². The average Bonchev–Trinajstić information content (AvgIpc) is 3.20. The van der Waals surface area contributed by atoms with E-state index >= 15 is 0 Å². The van der Waals surface area contributed by atoms with Gasteiger partial charge in [0.1, 0.15) is 5.75 Å². The molecule has 182 valence electrons. The molecule has 2 aromatic carbocycles. The first-order valence-electron chi connectivity index (χ1n) is 10.8. The number of rotatable bonds is 7. The Morgan fingerprint density at radius 2 is 1.80 bits per heavy atom. The number of aliphatic imine (C=N–C) groups is 1. The fourth-order valence-electron chi connectivity index (χ4n) is 3.56. The van der Waals surface area contributed by atoms with Gasteiger partial charge in [-0.05, 0) is 74.4 Å². The van der Waals surface area contributed by atoms with Crippen LogP contribution in [0.5, 0.6) is 5.75 Å². The van der Waals surface area contributed by atoms with E-state index in [-0.39, 0.29) is 16.8 Å². The number of methoxy groups -OCH3 is 1. The van der Waals surface area contributed by atoms with Gasteiger partial charge in [-0.1, -0.05) is 11.6 Å². The Morgan fingerprint density at radius 1 is 1.09 bits per heavy atom. The van der Waals surface area contributed by atoms with E-state index in [4.69, 9.17) is 16.3 Å². The second kappa shape index (κ2) is 10.3. The largest absolute Gasteiger partial charge is 0.497 e. The van der Waals surface area contributed by atoms with Crippen molar-refractivity contribution in [2.45, 2.75) is 25.2 Å². The molecule has 0 fully saturated rings. The SMILES string of the molecule is COc1ccc2[nH]cc(CCN=C(Nc3nc(C)cc(C)n3)NS(=O)(=O)c3ccc(Cl)cc3)c2c1. The lowest BCUT2D eigenvalue weighted by Crippen LogP contribution is -2.36. The second-order valence-electron chi connectivity index (χ2n) is 7.86. The van der Waals surface area contributed by atoms with Gasteiger partial charge in [0.05, 0.1) is 12.0 Å². The normalized spacial score (nSPS) is 12.1. The van der Waals surface area contributed by atoms with Crippen LogP contribution in [0.25, 0.3) is 10.9 Å². The van der Waals surface area contributed by atoms with E-state index in [2.05, 4.69) is 30.0 Å². The highest BCUT2D eigenvalue weighted by Crippen LogP contribution is 2.24. The van der Waals surface area contributed by atoms with Gasteiger partial charge in [0.25, 0.3) is 10.0 Å². The monoisotopic (exact) mass is 512 g/mol. The van der Waals surface area contributed by atoms with Gasteiger partial charge in [-0.2, -0.15) is 0 Å². The zero-order valence-corrected chi connectivity index (χ0v) is 21.0. The number of guanidine groups is 1. The number of aromatic amines is 1. The Balaban J connectivity index is 1.59. The molecule has 4 rings (SSSR count). The summed E-state index contributed by atoms with van der Waals surface area (Å²) in [6.45, 7) is 3.97. The Morgan fingerprint density at radius 3 is 2.49 bits per heavy atom. The Bertz CT molecular complexity index is 1460. The Labute approximate surface area is 208 Å². The van der Waals surface area contributed by atoms with Crippen molar-refractivity contribution in [2.75, 3.05) is 19.0 Å². The minimum atomic E-state index is -3.92. The summed E-state index contributed by atoms with van der Waals surface area (Å²) >= 11 is 5.90. The quantitative estimate of drug-likeness (QED) is 0.252. The number of anilines is 1. The van der Waals surface area contributed by atoms with Gasteiger partial charge in [0.15, 0.2) is 0 Å². The maximum Gasteiger partial charge on any atom is 0.264 e. The maximum absolute atomic E-state index is 13.0. The van der Waals surface area contributed by atoms with Gasteiger partial charge in [-0.3, -0.25) is 10.3 Å². The summed E-state index contributed by atoms with van der Waals surface area (Å²) in [6.07, 6.45) is 2.48. The fraction of sp³-hybridized carbons (Fsp3) is 0.208. The highest BCUT2D eigenvalue weighted by atomic mass is 35.5. The average molecular weight is 513 g/mol. The lowest BCUT2D eigenvalue weighted by atomic mass is 10.1. The summed E-state index contributed by atoms with van der Waals surface area (Å²) in [7, 11) is -2.30. The van der Waals surface area contributed by atoms with Crippen molar-refractivity contribution < 1.29 is 13.2 Å². The number of nitrogens with zero attached hydrogens (tertiary/aromatic N) is 3. The zero-order valence-electron chi connectivity index (χ0n) is 19.5. The number of fused-ring (bicyclic) bond motifs is 1. The molecule has 2 aromatic heterocycles. The predicted molar refractivity (Wildman–Crippen MR) is 138 cm³/mol. The first kappa shape index (κ1) is 24.5. The number of nitrogens with one attached hydrogen (secondary N) is 3. The van der Waals surface area contributed by atoms with E-state index in [1.165, 1.54) is 24.3 Å². The zero-order chi connectivity index (χ0) is 25.0. The van der Waals surface area contributed by atoms with Crippen molar-refractivity contribution in [1.29, 1.82) is 0 Å². The number of sulfonamides is 1. The molecule has 0 radical (unpaired) electrons. The maximum atomic E-state index is 13.0. The van der Waals surface area contributed by atoms with Crippen molar-refractivity contribution in [1.82, 2.24) is 19.7 Å². The van der Waals surface area contributed by atoms with Crippen molar-refractivity contribution >= 4 is 44.4 Å². The number of hydrogen-bond acceptors (Lipinski definition) is 6. The lowest BCUT2D eigenvalue weighted by Gasteiger charge is -2.13. The van der Waals surface area contributed by atoms with E-state index in [1.807, 2.05) is 44.3 Å². The Hall–Kier alpha value is -3.63. The molecule has 0 aliphatic carbocycles.